The molecule has 1 amide bonds. The van der Waals surface area contributed by atoms with Gasteiger partial charge in [0.15, 0.2) is 11.5 Å². The number of carbonyl (C=O) groups excluding carboxylic acids is 1. The van der Waals surface area contributed by atoms with Gasteiger partial charge in [0.05, 0.1) is 32.3 Å². The molecule has 2 aromatic carbocycles. The molecule has 9 nitrogen and oxygen atoms in total. The first-order chi connectivity index (χ1) is 15.8. The fourth-order valence-corrected chi connectivity index (χ4v) is 4.83. The third kappa shape index (κ3) is 5.76. The van der Waals surface area contributed by atoms with Gasteiger partial charge in [0, 0.05) is 37.9 Å². The minimum Gasteiger partial charge on any atom is -0.493 e. The fraction of sp³-hybridized carbons (Fsp3) is 0.435. The standard InChI is InChI=1S/C23H30N2O7S/c1-25(15-17-10-11-20(29-2)22(31-4)21(17)30-3)23(26)16-7-5-9-19(13-16)33(27,28)24-14-18-8-6-12-32-18/h5,7,9-11,13,18,24H,6,8,12,14-15H2,1-4H3. The van der Waals surface area contributed by atoms with E-state index in [0.29, 0.717) is 29.4 Å². The molecule has 1 unspecified atom stereocenters. The number of ether oxygens (including phenoxy) is 4. The van der Waals surface area contributed by atoms with Gasteiger partial charge in [-0.3, -0.25) is 4.79 Å². The van der Waals surface area contributed by atoms with Crippen LogP contribution in [0.15, 0.2) is 41.3 Å². The Morgan fingerprint density at radius 1 is 1.12 bits per heavy atom. The Labute approximate surface area is 194 Å². The minimum atomic E-state index is -3.77. The number of sulfonamides is 1. The molecule has 0 radical (unpaired) electrons. The lowest BCUT2D eigenvalue weighted by atomic mass is 10.1. The van der Waals surface area contributed by atoms with E-state index in [1.165, 1.54) is 38.4 Å². The van der Waals surface area contributed by atoms with Crippen molar-refractivity contribution in [1.82, 2.24) is 9.62 Å². The van der Waals surface area contributed by atoms with Crippen LogP contribution in [0.3, 0.4) is 0 Å². The van der Waals surface area contributed by atoms with Crippen LogP contribution in [-0.2, 0) is 21.3 Å². The van der Waals surface area contributed by atoms with Crippen molar-refractivity contribution in [2.45, 2.75) is 30.4 Å². The van der Waals surface area contributed by atoms with Crippen molar-refractivity contribution in [1.29, 1.82) is 0 Å². The Hall–Kier alpha value is -2.82. The summed E-state index contributed by atoms with van der Waals surface area (Å²) < 4.78 is 49.6. The average molecular weight is 479 g/mol. The lowest BCUT2D eigenvalue weighted by Gasteiger charge is -2.21. The molecule has 1 saturated heterocycles. The Balaban J connectivity index is 1.76. The molecule has 1 fully saturated rings. The number of hydrogen-bond acceptors (Lipinski definition) is 7. The van der Waals surface area contributed by atoms with Gasteiger partial charge in [0.2, 0.25) is 15.8 Å². The summed E-state index contributed by atoms with van der Waals surface area (Å²) in [6, 6.07) is 9.51. The molecular weight excluding hydrogens is 448 g/mol. The Morgan fingerprint density at radius 3 is 2.52 bits per heavy atom. The highest BCUT2D eigenvalue weighted by molar-refractivity contribution is 7.89. The van der Waals surface area contributed by atoms with Crippen LogP contribution in [0, 0.1) is 0 Å². The van der Waals surface area contributed by atoms with E-state index in [4.69, 9.17) is 18.9 Å². The van der Waals surface area contributed by atoms with Crippen LogP contribution in [-0.4, -0.2) is 66.9 Å². The van der Waals surface area contributed by atoms with Gasteiger partial charge >= 0.3 is 0 Å². The Kier molecular flexibility index (Phi) is 8.17. The number of nitrogens with one attached hydrogen (secondary N) is 1. The zero-order valence-electron chi connectivity index (χ0n) is 19.3. The van der Waals surface area contributed by atoms with E-state index in [9.17, 15) is 13.2 Å². The van der Waals surface area contributed by atoms with Gasteiger partial charge in [-0.05, 0) is 43.2 Å². The number of benzene rings is 2. The van der Waals surface area contributed by atoms with E-state index >= 15 is 0 Å². The van der Waals surface area contributed by atoms with Crippen LogP contribution in [0.1, 0.15) is 28.8 Å². The van der Waals surface area contributed by atoms with Crippen molar-refractivity contribution in [3.8, 4) is 17.2 Å². The summed E-state index contributed by atoms with van der Waals surface area (Å²) in [7, 11) is 2.42. The molecule has 0 bridgehead atoms. The maximum Gasteiger partial charge on any atom is 0.253 e. The summed E-state index contributed by atoms with van der Waals surface area (Å²) in [4.78, 5) is 14.6. The molecule has 1 aliphatic rings. The summed E-state index contributed by atoms with van der Waals surface area (Å²) >= 11 is 0. The lowest BCUT2D eigenvalue weighted by Crippen LogP contribution is -2.32. The third-order valence-corrected chi connectivity index (χ3v) is 6.88. The molecule has 0 spiro atoms. The first-order valence-corrected chi connectivity index (χ1v) is 12.0. The molecule has 1 heterocycles. The van der Waals surface area contributed by atoms with Crippen molar-refractivity contribution in [2.24, 2.45) is 0 Å². The number of rotatable bonds is 10. The van der Waals surface area contributed by atoms with Crippen molar-refractivity contribution in [2.75, 3.05) is 41.5 Å². The highest BCUT2D eigenvalue weighted by atomic mass is 32.2. The van der Waals surface area contributed by atoms with Gasteiger partial charge < -0.3 is 23.8 Å². The van der Waals surface area contributed by atoms with Gasteiger partial charge in [-0.1, -0.05) is 6.07 Å². The van der Waals surface area contributed by atoms with Gasteiger partial charge in [-0.2, -0.15) is 0 Å². The SMILES string of the molecule is COc1ccc(CN(C)C(=O)c2cccc(S(=O)(=O)NCC3CCCO3)c2)c(OC)c1OC. The van der Waals surface area contributed by atoms with E-state index in [2.05, 4.69) is 4.72 Å². The number of methoxy groups -OCH3 is 3. The number of amides is 1. The monoisotopic (exact) mass is 478 g/mol. The highest BCUT2D eigenvalue weighted by Crippen LogP contribution is 2.40. The third-order valence-electron chi connectivity index (χ3n) is 5.46. The second-order valence-corrected chi connectivity index (χ2v) is 9.44. The Morgan fingerprint density at radius 2 is 1.88 bits per heavy atom. The van der Waals surface area contributed by atoms with Crippen LogP contribution in [0.5, 0.6) is 17.2 Å². The molecule has 10 heteroatoms. The summed E-state index contributed by atoms with van der Waals surface area (Å²) in [5.74, 6) is 1.08. The van der Waals surface area contributed by atoms with Crippen molar-refractivity contribution >= 4 is 15.9 Å². The van der Waals surface area contributed by atoms with Crippen molar-refractivity contribution in [3.63, 3.8) is 0 Å². The molecular formula is C23H30N2O7S. The summed E-state index contributed by atoms with van der Waals surface area (Å²) in [5.41, 5.74) is 0.977. The highest BCUT2D eigenvalue weighted by Gasteiger charge is 2.23. The summed E-state index contributed by atoms with van der Waals surface area (Å²) in [6.45, 7) is 1.07. The van der Waals surface area contributed by atoms with E-state index in [0.717, 1.165) is 12.8 Å². The molecule has 180 valence electrons. The second-order valence-electron chi connectivity index (χ2n) is 7.67. The second kappa shape index (κ2) is 10.9. The van der Waals surface area contributed by atoms with Gasteiger partial charge in [0.1, 0.15) is 0 Å². The smallest absolute Gasteiger partial charge is 0.253 e. The topological polar surface area (TPSA) is 103 Å². The largest absolute Gasteiger partial charge is 0.493 e. The maximum atomic E-state index is 13.1. The van der Waals surface area contributed by atoms with Gasteiger partial charge in [-0.25, -0.2) is 13.1 Å². The zero-order valence-corrected chi connectivity index (χ0v) is 20.1. The van der Waals surface area contributed by atoms with Crippen LogP contribution in [0.4, 0.5) is 0 Å². The van der Waals surface area contributed by atoms with E-state index in [1.807, 2.05) is 0 Å². The first-order valence-electron chi connectivity index (χ1n) is 10.5. The van der Waals surface area contributed by atoms with E-state index in [1.54, 1.807) is 31.3 Å². The number of nitrogens with zero attached hydrogens (tertiary/aromatic N) is 1. The van der Waals surface area contributed by atoms with Crippen molar-refractivity contribution in [3.05, 3.63) is 47.5 Å². The normalized spacial score (nSPS) is 15.8. The van der Waals surface area contributed by atoms with Crippen LogP contribution >= 0.6 is 0 Å². The molecule has 33 heavy (non-hydrogen) atoms. The predicted molar refractivity (Wildman–Crippen MR) is 123 cm³/mol. The van der Waals surface area contributed by atoms with Crippen LogP contribution in [0.25, 0.3) is 0 Å². The average Bonchev–Trinajstić information content (AvgIpc) is 3.35. The fourth-order valence-electron chi connectivity index (χ4n) is 3.72. The number of carbonyl (C=O) groups is 1. The quantitative estimate of drug-likeness (QED) is 0.559. The Bertz CT molecular complexity index is 1080. The molecule has 1 N–H and O–H groups in total. The molecule has 0 aromatic heterocycles. The molecule has 3 rings (SSSR count). The van der Waals surface area contributed by atoms with Gasteiger partial charge in [-0.15, -0.1) is 0 Å². The summed E-state index contributed by atoms with van der Waals surface area (Å²) in [5, 5.41) is 0. The predicted octanol–water partition coefficient (Wildman–Crippen LogP) is 2.44. The summed E-state index contributed by atoms with van der Waals surface area (Å²) in [6.07, 6.45) is 1.63. The van der Waals surface area contributed by atoms with E-state index in [-0.39, 0.29) is 35.6 Å². The zero-order chi connectivity index (χ0) is 24.0. The van der Waals surface area contributed by atoms with Crippen LogP contribution < -0.4 is 18.9 Å². The van der Waals surface area contributed by atoms with Crippen LogP contribution in [0.2, 0.25) is 0 Å². The first kappa shape index (κ1) is 24.8. The maximum absolute atomic E-state index is 13.1. The molecule has 0 aliphatic carbocycles. The van der Waals surface area contributed by atoms with Crippen molar-refractivity contribution < 1.29 is 32.2 Å². The van der Waals surface area contributed by atoms with Gasteiger partial charge in [0.25, 0.3) is 5.91 Å². The number of hydrogen-bond donors (Lipinski definition) is 1. The minimum absolute atomic E-state index is 0.0310. The molecule has 2 aromatic rings. The molecule has 1 atom stereocenters. The molecule has 0 saturated carbocycles. The van der Waals surface area contributed by atoms with E-state index < -0.39 is 10.0 Å². The molecule has 1 aliphatic heterocycles. The lowest BCUT2D eigenvalue weighted by molar-refractivity contribution is 0.0783.